The molecule has 0 unspecified atom stereocenters. The van der Waals surface area contributed by atoms with E-state index in [1.807, 2.05) is 38.1 Å². The van der Waals surface area contributed by atoms with Gasteiger partial charge in [0.05, 0.1) is 19.8 Å². The van der Waals surface area contributed by atoms with Crippen LogP contribution in [0.1, 0.15) is 64.0 Å². The molecule has 2 rings (SSSR count). The lowest BCUT2D eigenvalue weighted by molar-refractivity contribution is 0.242. The number of benzene rings is 2. The lowest BCUT2D eigenvalue weighted by atomic mass is 10.1. The molecule has 2 aromatic carbocycles. The lowest BCUT2D eigenvalue weighted by Gasteiger charge is -2.16. The van der Waals surface area contributed by atoms with E-state index in [0.29, 0.717) is 0 Å². The minimum atomic E-state index is 0.192. The second-order valence-electron chi connectivity index (χ2n) is 7.63. The van der Waals surface area contributed by atoms with Gasteiger partial charge in [-0.3, -0.25) is 0 Å². The Labute approximate surface area is 176 Å². The van der Waals surface area contributed by atoms with E-state index in [-0.39, 0.29) is 6.10 Å². The number of methoxy groups -OCH3 is 1. The van der Waals surface area contributed by atoms with Crippen molar-refractivity contribution in [2.45, 2.75) is 72.1 Å². The maximum Gasteiger partial charge on any atom is 0.165 e. The number of unbranched alkanes of at least 4 members (excludes halogenated alkanes) is 4. The van der Waals surface area contributed by atoms with Crippen molar-refractivity contribution in [1.82, 2.24) is 5.32 Å². The first-order valence-corrected chi connectivity index (χ1v) is 10.9. The molecule has 4 nitrogen and oxygen atoms in total. The van der Waals surface area contributed by atoms with Crippen LogP contribution in [-0.4, -0.2) is 19.8 Å². The van der Waals surface area contributed by atoms with E-state index in [2.05, 4.69) is 30.4 Å². The molecule has 0 aromatic heterocycles. The molecular weight excluding hydrogens is 362 g/mol. The summed E-state index contributed by atoms with van der Waals surface area (Å²) in [5.74, 6) is 2.57. The summed E-state index contributed by atoms with van der Waals surface area (Å²) in [4.78, 5) is 0. The van der Waals surface area contributed by atoms with Crippen LogP contribution in [0.3, 0.4) is 0 Å². The monoisotopic (exact) mass is 399 g/mol. The summed E-state index contributed by atoms with van der Waals surface area (Å²) < 4.78 is 17.3. The van der Waals surface area contributed by atoms with Crippen molar-refractivity contribution in [2.75, 3.05) is 13.7 Å². The van der Waals surface area contributed by atoms with Crippen molar-refractivity contribution in [3.63, 3.8) is 0 Å². The van der Waals surface area contributed by atoms with Crippen molar-refractivity contribution < 1.29 is 14.2 Å². The molecule has 1 N–H and O–H groups in total. The van der Waals surface area contributed by atoms with Gasteiger partial charge in [-0.1, -0.05) is 56.9 Å². The van der Waals surface area contributed by atoms with Gasteiger partial charge in [-0.25, -0.2) is 0 Å². The van der Waals surface area contributed by atoms with Crippen molar-refractivity contribution in [3.8, 4) is 17.2 Å². The average molecular weight is 400 g/mol. The highest BCUT2D eigenvalue weighted by Crippen LogP contribution is 2.31. The predicted molar refractivity (Wildman–Crippen MR) is 120 cm³/mol. The summed E-state index contributed by atoms with van der Waals surface area (Å²) in [5, 5.41) is 3.51. The molecule has 0 bridgehead atoms. The first-order valence-electron chi connectivity index (χ1n) is 10.9. The van der Waals surface area contributed by atoms with Gasteiger partial charge < -0.3 is 19.5 Å². The van der Waals surface area contributed by atoms with Gasteiger partial charge in [0.25, 0.3) is 0 Å². The standard InChI is InChI=1S/C25H37NO3/c1-5-6-7-8-9-17-28-25-22(11-10-12-24(25)27-4)19-26-18-21-13-15-23(16-14-21)29-20(2)3/h10-16,20,26H,5-9,17-19H2,1-4H3. The summed E-state index contributed by atoms with van der Waals surface area (Å²) in [6, 6.07) is 14.3. The predicted octanol–water partition coefficient (Wildman–Crippen LogP) is 6.12. The van der Waals surface area contributed by atoms with Crippen molar-refractivity contribution in [2.24, 2.45) is 0 Å². The van der Waals surface area contributed by atoms with Crippen molar-refractivity contribution in [1.29, 1.82) is 0 Å². The lowest BCUT2D eigenvalue weighted by Crippen LogP contribution is -2.14. The number of nitrogens with one attached hydrogen (secondary N) is 1. The summed E-state index contributed by atoms with van der Waals surface area (Å²) >= 11 is 0. The first kappa shape index (κ1) is 23.1. The van der Waals surface area contributed by atoms with E-state index >= 15 is 0 Å². The normalized spacial score (nSPS) is 10.9. The fourth-order valence-corrected chi connectivity index (χ4v) is 3.20. The second-order valence-corrected chi connectivity index (χ2v) is 7.63. The highest BCUT2D eigenvalue weighted by atomic mass is 16.5. The Morgan fingerprint density at radius 3 is 2.34 bits per heavy atom. The summed E-state index contributed by atoms with van der Waals surface area (Å²) in [7, 11) is 1.70. The number of ether oxygens (including phenoxy) is 3. The third-order valence-corrected chi connectivity index (χ3v) is 4.71. The fraction of sp³-hybridized carbons (Fsp3) is 0.520. The second kappa shape index (κ2) is 13.1. The molecule has 4 heteroatoms. The van der Waals surface area contributed by atoms with E-state index < -0.39 is 0 Å². The molecule has 0 spiro atoms. The van der Waals surface area contributed by atoms with E-state index in [1.165, 1.54) is 31.2 Å². The van der Waals surface area contributed by atoms with Crippen LogP contribution >= 0.6 is 0 Å². The van der Waals surface area contributed by atoms with Gasteiger partial charge in [-0.05, 0) is 44.0 Å². The van der Waals surface area contributed by atoms with Crippen LogP contribution in [0.25, 0.3) is 0 Å². The zero-order valence-electron chi connectivity index (χ0n) is 18.5. The SMILES string of the molecule is CCCCCCCOc1c(CNCc2ccc(OC(C)C)cc2)cccc1OC. The Bertz CT molecular complexity index is 698. The zero-order chi connectivity index (χ0) is 20.9. The molecule has 0 radical (unpaired) electrons. The molecule has 0 aliphatic rings. The molecule has 0 saturated heterocycles. The molecule has 0 saturated carbocycles. The van der Waals surface area contributed by atoms with Gasteiger partial charge in [0.1, 0.15) is 5.75 Å². The molecule has 0 amide bonds. The Morgan fingerprint density at radius 2 is 1.66 bits per heavy atom. The van der Waals surface area contributed by atoms with Gasteiger partial charge in [-0.15, -0.1) is 0 Å². The summed E-state index contributed by atoms with van der Waals surface area (Å²) in [6.07, 6.45) is 6.33. The Morgan fingerprint density at radius 1 is 0.897 bits per heavy atom. The van der Waals surface area contributed by atoms with Crippen LogP contribution in [0.2, 0.25) is 0 Å². The zero-order valence-corrected chi connectivity index (χ0v) is 18.5. The van der Waals surface area contributed by atoms with Gasteiger partial charge in [0.2, 0.25) is 0 Å². The Hall–Kier alpha value is -2.20. The largest absolute Gasteiger partial charge is 0.493 e. The Balaban J connectivity index is 1.87. The molecule has 29 heavy (non-hydrogen) atoms. The van der Waals surface area contributed by atoms with E-state index in [0.717, 1.165) is 48.9 Å². The highest BCUT2D eigenvalue weighted by molar-refractivity contribution is 5.46. The number of hydrogen-bond donors (Lipinski definition) is 1. The molecule has 0 aliphatic heterocycles. The van der Waals surface area contributed by atoms with Crippen LogP contribution in [-0.2, 0) is 13.1 Å². The molecule has 0 fully saturated rings. The molecule has 160 valence electrons. The van der Waals surface area contributed by atoms with Crippen molar-refractivity contribution >= 4 is 0 Å². The van der Waals surface area contributed by atoms with Gasteiger partial charge >= 0.3 is 0 Å². The van der Waals surface area contributed by atoms with Crippen LogP contribution < -0.4 is 19.5 Å². The smallest absolute Gasteiger partial charge is 0.165 e. The third-order valence-electron chi connectivity index (χ3n) is 4.71. The van der Waals surface area contributed by atoms with Crippen LogP contribution in [0.5, 0.6) is 17.2 Å². The fourth-order valence-electron chi connectivity index (χ4n) is 3.20. The summed E-state index contributed by atoms with van der Waals surface area (Å²) in [5.41, 5.74) is 2.35. The molecule has 0 heterocycles. The van der Waals surface area contributed by atoms with Gasteiger partial charge in [0, 0.05) is 18.7 Å². The maximum absolute atomic E-state index is 6.11. The topological polar surface area (TPSA) is 39.7 Å². The average Bonchev–Trinajstić information content (AvgIpc) is 2.72. The highest BCUT2D eigenvalue weighted by Gasteiger charge is 2.10. The van der Waals surface area contributed by atoms with E-state index in [9.17, 15) is 0 Å². The minimum absolute atomic E-state index is 0.192. The van der Waals surface area contributed by atoms with Crippen LogP contribution in [0.4, 0.5) is 0 Å². The molecule has 0 atom stereocenters. The third kappa shape index (κ3) is 8.36. The number of hydrogen-bond acceptors (Lipinski definition) is 4. The minimum Gasteiger partial charge on any atom is -0.493 e. The van der Waals surface area contributed by atoms with Crippen LogP contribution in [0.15, 0.2) is 42.5 Å². The first-order chi connectivity index (χ1) is 14.1. The van der Waals surface area contributed by atoms with Gasteiger partial charge in [-0.2, -0.15) is 0 Å². The molecule has 2 aromatic rings. The van der Waals surface area contributed by atoms with Crippen LogP contribution in [0, 0.1) is 0 Å². The van der Waals surface area contributed by atoms with Crippen molar-refractivity contribution in [3.05, 3.63) is 53.6 Å². The molecule has 0 aliphatic carbocycles. The number of para-hydroxylation sites is 1. The van der Waals surface area contributed by atoms with E-state index in [1.54, 1.807) is 7.11 Å². The summed E-state index contributed by atoms with van der Waals surface area (Å²) in [6.45, 7) is 8.55. The molecular formula is C25H37NO3. The number of rotatable bonds is 14. The van der Waals surface area contributed by atoms with E-state index in [4.69, 9.17) is 14.2 Å². The van der Waals surface area contributed by atoms with Gasteiger partial charge in [0.15, 0.2) is 11.5 Å². The quantitative estimate of drug-likeness (QED) is 0.388. The maximum atomic E-state index is 6.11. The Kier molecular flexibility index (Phi) is 10.4.